The molecule has 0 bridgehead atoms. The van der Waals surface area contributed by atoms with Crippen molar-refractivity contribution in [1.82, 2.24) is 30.4 Å². The van der Waals surface area contributed by atoms with Gasteiger partial charge in [-0.2, -0.15) is 0 Å². The second-order valence-corrected chi connectivity index (χ2v) is 7.35. The summed E-state index contributed by atoms with van der Waals surface area (Å²) in [7, 11) is 1.62. The smallest absolute Gasteiger partial charge is 0.261 e. The number of carbonyl (C=O) groups excluding carboxylic acids is 2. The number of nitrogens with one attached hydrogen (secondary N) is 1. The summed E-state index contributed by atoms with van der Waals surface area (Å²) in [5.74, 6) is -0.101. The molecule has 2 aromatic heterocycles. The van der Waals surface area contributed by atoms with Crippen molar-refractivity contribution < 1.29 is 9.59 Å². The maximum Gasteiger partial charge on any atom is 0.261 e. The van der Waals surface area contributed by atoms with Crippen molar-refractivity contribution >= 4 is 23.2 Å². The van der Waals surface area contributed by atoms with E-state index in [0.717, 1.165) is 23.4 Å². The van der Waals surface area contributed by atoms with E-state index in [1.54, 1.807) is 23.9 Å². The van der Waals surface area contributed by atoms with Gasteiger partial charge in [0.2, 0.25) is 0 Å². The highest BCUT2D eigenvalue weighted by atomic mass is 32.1. The van der Waals surface area contributed by atoms with Crippen LogP contribution in [0.5, 0.6) is 0 Å². The van der Waals surface area contributed by atoms with Gasteiger partial charge in [0.15, 0.2) is 0 Å². The van der Waals surface area contributed by atoms with Crippen LogP contribution in [-0.2, 0) is 0 Å². The fourth-order valence-corrected chi connectivity index (χ4v) is 4.39. The third kappa shape index (κ3) is 3.33. The van der Waals surface area contributed by atoms with E-state index in [1.165, 1.54) is 17.7 Å². The lowest BCUT2D eigenvalue weighted by molar-refractivity contribution is 0.0737. The molecule has 1 aliphatic heterocycles. The van der Waals surface area contributed by atoms with Crippen molar-refractivity contribution in [2.45, 2.75) is 18.9 Å². The van der Waals surface area contributed by atoms with E-state index in [9.17, 15) is 9.59 Å². The zero-order chi connectivity index (χ0) is 18.8. The number of likely N-dealkylation sites (tertiary alicyclic amines) is 1. The summed E-state index contributed by atoms with van der Waals surface area (Å²) < 4.78 is 1.54. The third-order valence-corrected chi connectivity index (χ3v) is 5.83. The van der Waals surface area contributed by atoms with Crippen LogP contribution in [0.15, 0.2) is 42.7 Å². The van der Waals surface area contributed by atoms with E-state index in [4.69, 9.17) is 0 Å². The lowest BCUT2D eigenvalue weighted by Crippen LogP contribution is -2.30. The SMILES string of the molecule is CNC(=O)c1ccc(C2CCCN2C(=O)c2ccc(-n3cnnn3)cc2)s1. The molecule has 0 saturated carbocycles. The minimum Gasteiger partial charge on any atom is -0.354 e. The van der Waals surface area contributed by atoms with Crippen molar-refractivity contribution in [2.75, 3.05) is 13.6 Å². The summed E-state index contributed by atoms with van der Waals surface area (Å²) in [6.45, 7) is 0.714. The molecule has 4 rings (SSSR count). The van der Waals surface area contributed by atoms with Crippen LogP contribution in [0.1, 0.15) is 43.8 Å². The Morgan fingerprint density at radius 1 is 1.19 bits per heavy atom. The zero-order valence-corrected chi connectivity index (χ0v) is 15.5. The molecular formula is C18H18N6O2S. The first-order chi connectivity index (χ1) is 13.2. The number of rotatable bonds is 4. The van der Waals surface area contributed by atoms with Gasteiger partial charge in [-0.25, -0.2) is 4.68 Å². The average Bonchev–Trinajstić information content (AvgIpc) is 3.47. The topological polar surface area (TPSA) is 93.0 Å². The minimum atomic E-state index is -0.0969. The predicted octanol–water partition coefficient (Wildman–Crippen LogP) is 2.06. The van der Waals surface area contributed by atoms with Crippen LogP contribution in [0.4, 0.5) is 0 Å². The number of nitrogens with zero attached hydrogens (tertiary/aromatic N) is 5. The number of benzene rings is 1. The number of amides is 2. The molecule has 2 amide bonds. The van der Waals surface area contributed by atoms with Crippen LogP contribution in [0.25, 0.3) is 5.69 Å². The van der Waals surface area contributed by atoms with Gasteiger partial charge < -0.3 is 10.2 Å². The summed E-state index contributed by atoms with van der Waals surface area (Å²) in [4.78, 5) is 28.4. The molecular weight excluding hydrogens is 364 g/mol. The number of thiophene rings is 1. The molecule has 1 atom stereocenters. The summed E-state index contributed by atoms with van der Waals surface area (Å²) in [5, 5.41) is 13.7. The van der Waals surface area contributed by atoms with Crippen LogP contribution in [0, 0.1) is 0 Å². The standard InChI is InChI=1S/C18H18N6O2S/c1-19-17(25)16-9-8-15(27-16)14-3-2-10-23(14)18(26)12-4-6-13(7-5-12)24-11-20-21-22-24/h4-9,11,14H,2-3,10H2,1H3,(H,19,25). The maximum atomic E-state index is 13.0. The Bertz CT molecular complexity index is 951. The van der Waals surface area contributed by atoms with E-state index < -0.39 is 0 Å². The highest BCUT2D eigenvalue weighted by molar-refractivity contribution is 7.14. The van der Waals surface area contributed by atoms with Crippen LogP contribution in [0.3, 0.4) is 0 Å². The van der Waals surface area contributed by atoms with Crippen LogP contribution in [-0.4, -0.2) is 50.5 Å². The lowest BCUT2D eigenvalue weighted by atomic mass is 10.1. The predicted molar refractivity (Wildman–Crippen MR) is 99.9 cm³/mol. The number of aromatic nitrogens is 4. The molecule has 1 aromatic carbocycles. The Balaban J connectivity index is 1.54. The van der Waals surface area contributed by atoms with Crippen molar-refractivity contribution in [3.63, 3.8) is 0 Å². The first kappa shape index (κ1) is 17.3. The summed E-state index contributed by atoms with van der Waals surface area (Å²) >= 11 is 1.45. The average molecular weight is 382 g/mol. The Morgan fingerprint density at radius 3 is 2.70 bits per heavy atom. The second kappa shape index (κ2) is 7.28. The van der Waals surface area contributed by atoms with E-state index in [0.29, 0.717) is 17.0 Å². The highest BCUT2D eigenvalue weighted by Crippen LogP contribution is 2.36. The molecule has 0 radical (unpaired) electrons. The molecule has 1 N–H and O–H groups in total. The van der Waals surface area contributed by atoms with E-state index in [1.807, 2.05) is 29.2 Å². The van der Waals surface area contributed by atoms with E-state index in [-0.39, 0.29) is 17.9 Å². The largest absolute Gasteiger partial charge is 0.354 e. The molecule has 1 unspecified atom stereocenters. The monoisotopic (exact) mass is 382 g/mol. The van der Waals surface area contributed by atoms with Gasteiger partial charge in [-0.15, -0.1) is 16.4 Å². The van der Waals surface area contributed by atoms with Crippen LogP contribution in [0.2, 0.25) is 0 Å². The molecule has 138 valence electrons. The Morgan fingerprint density at radius 2 is 2.00 bits per heavy atom. The Labute approximate surface area is 159 Å². The van der Waals surface area contributed by atoms with Gasteiger partial charge >= 0.3 is 0 Å². The molecule has 8 nitrogen and oxygen atoms in total. The van der Waals surface area contributed by atoms with Gasteiger partial charge in [-0.1, -0.05) is 0 Å². The minimum absolute atomic E-state index is 0.00402. The van der Waals surface area contributed by atoms with Gasteiger partial charge in [-0.05, 0) is 59.7 Å². The fourth-order valence-electron chi connectivity index (χ4n) is 3.28. The molecule has 1 saturated heterocycles. The van der Waals surface area contributed by atoms with Gasteiger partial charge in [-0.3, -0.25) is 9.59 Å². The molecule has 0 spiro atoms. The molecule has 9 heteroatoms. The number of hydrogen-bond donors (Lipinski definition) is 1. The maximum absolute atomic E-state index is 13.0. The number of tetrazole rings is 1. The van der Waals surface area contributed by atoms with Gasteiger partial charge in [0.25, 0.3) is 11.8 Å². The van der Waals surface area contributed by atoms with Gasteiger partial charge in [0, 0.05) is 24.0 Å². The summed E-state index contributed by atoms with van der Waals surface area (Å²) in [5.41, 5.74) is 1.42. The van der Waals surface area contributed by atoms with Crippen LogP contribution < -0.4 is 5.32 Å². The van der Waals surface area contributed by atoms with Crippen LogP contribution >= 0.6 is 11.3 Å². The van der Waals surface area contributed by atoms with Crippen molar-refractivity contribution in [3.8, 4) is 5.69 Å². The first-order valence-corrected chi connectivity index (χ1v) is 9.45. The zero-order valence-electron chi connectivity index (χ0n) is 14.7. The normalized spacial score (nSPS) is 16.5. The molecule has 1 aliphatic rings. The van der Waals surface area contributed by atoms with Crippen molar-refractivity contribution in [3.05, 3.63) is 58.0 Å². The van der Waals surface area contributed by atoms with E-state index in [2.05, 4.69) is 20.8 Å². The highest BCUT2D eigenvalue weighted by Gasteiger charge is 2.32. The molecule has 3 aromatic rings. The van der Waals surface area contributed by atoms with Crippen molar-refractivity contribution in [2.24, 2.45) is 0 Å². The van der Waals surface area contributed by atoms with Crippen molar-refractivity contribution in [1.29, 1.82) is 0 Å². The Kier molecular flexibility index (Phi) is 4.68. The fraction of sp³-hybridized carbons (Fsp3) is 0.278. The third-order valence-electron chi connectivity index (χ3n) is 4.65. The second-order valence-electron chi connectivity index (χ2n) is 6.24. The quantitative estimate of drug-likeness (QED) is 0.746. The first-order valence-electron chi connectivity index (χ1n) is 8.63. The number of carbonyl (C=O) groups is 2. The number of hydrogen-bond acceptors (Lipinski definition) is 6. The van der Waals surface area contributed by atoms with E-state index >= 15 is 0 Å². The van der Waals surface area contributed by atoms with Gasteiger partial charge in [0.05, 0.1) is 16.6 Å². The molecule has 27 heavy (non-hydrogen) atoms. The molecule has 1 fully saturated rings. The lowest BCUT2D eigenvalue weighted by Gasteiger charge is -2.24. The molecule has 3 heterocycles. The summed E-state index contributed by atoms with van der Waals surface area (Å²) in [6.07, 6.45) is 3.36. The summed E-state index contributed by atoms with van der Waals surface area (Å²) in [6, 6.07) is 11.0. The van der Waals surface area contributed by atoms with Gasteiger partial charge in [0.1, 0.15) is 6.33 Å². The molecule has 0 aliphatic carbocycles. The Hall–Kier alpha value is -3.07.